The molecule has 0 saturated carbocycles. The Labute approximate surface area is 183 Å². The monoisotopic (exact) mass is 419 g/mol. The molecule has 6 heteroatoms. The van der Waals surface area contributed by atoms with Gasteiger partial charge in [0.2, 0.25) is 5.91 Å². The summed E-state index contributed by atoms with van der Waals surface area (Å²) in [6.45, 7) is 8.49. The molecule has 0 fully saturated rings. The zero-order chi connectivity index (χ0) is 22.4. The Bertz CT molecular complexity index is 1050. The van der Waals surface area contributed by atoms with Crippen LogP contribution in [0.15, 0.2) is 54.6 Å². The number of phenolic OH excluding ortho intramolecular Hbond substituents is 1. The number of ether oxygens (including phenoxy) is 1. The molecule has 162 valence electrons. The summed E-state index contributed by atoms with van der Waals surface area (Å²) in [5, 5.41) is 16.4. The molecule has 3 aromatic rings. The third-order valence-electron chi connectivity index (χ3n) is 4.62. The molecule has 0 unspecified atom stereocenters. The van der Waals surface area contributed by atoms with E-state index in [2.05, 4.69) is 10.6 Å². The van der Waals surface area contributed by atoms with Crippen molar-refractivity contribution in [2.24, 2.45) is 0 Å². The Morgan fingerprint density at radius 2 is 1.77 bits per heavy atom. The van der Waals surface area contributed by atoms with E-state index in [9.17, 15) is 9.90 Å². The molecule has 0 radical (unpaired) electrons. The second-order valence-corrected chi connectivity index (χ2v) is 7.75. The lowest BCUT2D eigenvalue weighted by molar-refractivity contribution is -0.118. The number of benzene rings is 2. The number of pyridine rings is 1. The van der Waals surface area contributed by atoms with Gasteiger partial charge in [0, 0.05) is 25.6 Å². The molecule has 2 aromatic carbocycles. The summed E-state index contributed by atoms with van der Waals surface area (Å²) < 4.78 is 5.74. The van der Waals surface area contributed by atoms with Crippen LogP contribution in [0.2, 0.25) is 0 Å². The maximum atomic E-state index is 11.1. The van der Waals surface area contributed by atoms with Crippen molar-refractivity contribution in [1.29, 1.82) is 0 Å². The third-order valence-corrected chi connectivity index (χ3v) is 4.62. The van der Waals surface area contributed by atoms with Crippen LogP contribution >= 0.6 is 0 Å². The second kappa shape index (κ2) is 9.98. The van der Waals surface area contributed by atoms with Crippen molar-refractivity contribution in [3.8, 4) is 33.9 Å². The standard InChI is InChI=1S/C25H29N3O3/c1-16(2)31-21-8-6-19(7-9-21)20-14-23(22-13-17(3)5-10-24(22)30)28-25(15-20)27-12-11-26-18(4)29/h5-10,13-16,30H,11-12H2,1-4H3,(H,26,29)(H,27,28). The van der Waals surface area contributed by atoms with E-state index < -0.39 is 0 Å². The predicted octanol–water partition coefficient (Wildman–Crippen LogP) is 4.76. The topological polar surface area (TPSA) is 83.5 Å². The van der Waals surface area contributed by atoms with Gasteiger partial charge in [0.1, 0.15) is 17.3 Å². The number of amides is 1. The quantitative estimate of drug-likeness (QED) is 0.458. The van der Waals surface area contributed by atoms with Gasteiger partial charge in [-0.25, -0.2) is 4.98 Å². The van der Waals surface area contributed by atoms with Crippen LogP contribution < -0.4 is 15.4 Å². The fourth-order valence-corrected chi connectivity index (χ4v) is 3.21. The molecule has 0 saturated heterocycles. The highest BCUT2D eigenvalue weighted by molar-refractivity contribution is 5.77. The number of carbonyl (C=O) groups is 1. The van der Waals surface area contributed by atoms with E-state index >= 15 is 0 Å². The molecule has 3 N–H and O–H groups in total. The summed E-state index contributed by atoms with van der Waals surface area (Å²) in [5.74, 6) is 1.59. The first-order valence-corrected chi connectivity index (χ1v) is 10.4. The minimum Gasteiger partial charge on any atom is -0.507 e. The number of nitrogens with one attached hydrogen (secondary N) is 2. The van der Waals surface area contributed by atoms with Crippen molar-refractivity contribution in [1.82, 2.24) is 10.3 Å². The van der Waals surface area contributed by atoms with Crippen LogP contribution in [0.25, 0.3) is 22.4 Å². The molecule has 0 aliphatic heterocycles. The van der Waals surface area contributed by atoms with Crippen molar-refractivity contribution >= 4 is 11.7 Å². The number of aromatic nitrogens is 1. The molecule has 3 rings (SSSR count). The Morgan fingerprint density at radius 1 is 1.03 bits per heavy atom. The van der Waals surface area contributed by atoms with Crippen molar-refractivity contribution < 1.29 is 14.6 Å². The van der Waals surface area contributed by atoms with Gasteiger partial charge in [-0.15, -0.1) is 0 Å². The first-order valence-electron chi connectivity index (χ1n) is 10.4. The van der Waals surface area contributed by atoms with Crippen LogP contribution in [0.5, 0.6) is 11.5 Å². The SMILES string of the molecule is CC(=O)NCCNc1cc(-c2ccc(OC(C)C)cc2)cc(-c2cc(C)ccc2O)n1. The van der Waals surface area contributed by atoms with E-state index in [0.29, 0.717) is 30.2 Å². The third kappa shape index (κ3) is 6.22. The number of nitrogens with zero attached hydrogens (tertiary/aromatic N) is 1. The molecule has 0 bridgehead atoms. The number of anilines is 1. The number of hydrogen-bond donors (Lipinski definition) is 3. The highest BCUT2D eigenvalue weighted by Crippen LogP contribution is 2.33. The van der Waals surface area contributed by atoms with Gasteiger partial charge in [0.15, 0.2) is 0 Å². The van der Waals surface area contributed by atoms with Crippen molar-refractivity contribution in [3.63, 3.8) is 0 Å². The second-order valence-electron chi connectivity index (χ2n) is 7.75. The molecule has 0 atom stereocenters. The number of carbonyl (C=O) groups excluding carboxylic acids is 1. The van der Waals surface area contributed by atoms with Gasteiger partial charge in [-0.05, 0) is 68.3 Å². The summed E-state index contributed by atoms with van der Waals surface area (Å²) in [4.78, 5) is 15.8. The normalized spacial score (nSPS) is 10.7. The van der Waals surface area contributed by atoms with Gasteiger partial charge in [-0.1, -0.05) is 23.8 Å². The lowest BCUT2D eigenvalue weighted by atomic mass is 10.0. The highest BCUT2D eigenvalue weighted by atomic mass is 16.5. The summed E-state index contributed by atoms with van der Waals surface area (Å²) in [6, 6.07) is 17.3. The maximum absolute atomic E-state index is 11.1. The molecule has 31 heavy (non-hydrogen) atoms. The fraction of sp³-hybridized carbons (Fsp3) is 0.280. The zero-order valence-corrected chi connectivity index (χ0v) is 18.4. The van der Waals surface area contributed by atoms with E-state index in [1.54, 1.807) is 6.07 Å². The van der Waals surface area contributed by atoms with Crippen LogP contribution in [0.1, 0.15) is 26.3 Å². The van der Waals surface area contributed by atoms with E-state index in [4.69, 9.17) is 9.72 Å². The Hall–Kier alpha value is -3.54. The summed E-state index contributed by atoms with van der Waals surface area (Å²) in [6.07, 6.45) is 0.113. The largest absolute Gasteiger partial charge is 0.507 e. The number of phenols is 1. The minimum absolute atomic E-state index is 0.0717. The van der Waals surface area contributed by atoms with E-state index in [1.807, 2.05) is 69.3 Å². The Kier molecular flexibility index (Phi) is 7.13. The van der Waals surface area contributed by atoms with Gasteiger partial charge in [-0.3, -0.25) is 4.79 Å². The molecular weight excluding hydrogens is 390 g/mol. The van der Waals surface area contributed by atoms with Gasteiger partial charge in [0.05, 0.1) is 11.8 Å². The lowest BCUT2D eigenvalue weighted by Gasteiger charge is -2.14. The summed E-state index contributed by atoms with van der Waals surface area (Å²) >= 11 is 0. The van der Waals surface area contributed by atoms with Crippen LogP contribution in [-0.2, 0) is 4.79 Å². The number of aromatic hydroxyl groups is 1. The zero-order valence-electron chi connectivity index (χ0n) is 18.4. The summed E-state index contributed by atoms with van der Waals surface area (Å²) in [5.41, 5.74) is 4.35. The van der Waals surface area contributed by atoms with Crippen LogP contribution in [0.4, 0.5) is 5.82 Å². The van der Waals surface area contributed by atoms with Crippen molar-refractivity contribution in [2.75, 3.05) is 18.4 Å². The highest BCUT2D eigenvalue weighted by Gasteiger charge is 2.11. The first-order chi connectivity index (χ1) is 14.8. The molecular formula is C25H29N3O3. The average molecular weight is 420 g/mol. The lowest BCUT2D eigenvalue weighted by Crippen LogP contribution is -2.26. The molecule has 1 aromatic heterocycles. The molecule has 0 spiro atoms. The van der Waals surface area contributed by atoms with Crippen LogP contribution in [0.3, 0.4) is 0 Å². The van der Waals surface area contributed by atoms with Gasteiger partial charge in [-0.2, -0.15) is 0 Å². The molecule has 0 aliphatic carbocycles. The number of rotatable bonds is 8. The number of hydrogen-bond acceptors (Lipinski definition) is 5. The van der Waals surface area contributed by atoms with Gasteiger partial charge >= 0.3 is 0 Å². The first kappa shape index (κ1) is 22.2. The minimum atomic E-state index is -0.0717. The summed E-state index contributed by atoms with van der Waals surface area (Å²) in [7, 11) is 0. The maximum Gasteiger partial charge on any atom is 0.216 e. The molecule has 1 heterocycles. The van der Waals surface area contributed by atoms with Crippen LogP contribution in [0, 0.1) is 6.92 Å². The predicted molar refractivity (Wildman–Crippen MR) is 124 cm³/mol. The van der Waals surface area contributed by atoms with Gasteiger partial charge < -0.3 is 20.5 Å². The Balaban J connectivity index is 1.96. The smallest absolute Gasteiger partial charge is 0.216 e. The van der Waals surface area contributed by atoms with E-state index in [0.717, 1.165) is 22.4 Å². The van der Waals surface area contributed by atoms with Gasteiger partial charge in [0.25, 0.3) is 0 Å². The number of aryl methyl sites for hydroxylation is 1. The Morgan fingerprint density at radius 3 is 2.45 bits per heavy atom. The molecule has 0 aliphatic rings. The van der Waals surface area contributed by atoms with Crippen molar-refractivity contribution in [2.45, 2.75) is 33.8 Å². The van der Waals surface area contributed by atoms with E-state index in [-0.39, 0.29) is 17.8 Å². The van der Waals surface area contributed by atoms with Crippen LogP contribution in [-0.4, -0.2) is 35.2 Å². The fourth-order valence-electron chi connectivity index (χ4n) is 3.21. The molecule has 1 amide bonds. The molecule has 6 nitrogen and oxygen atoms in total. The van der Waals surface area contributed by atoms with E-state index in [1.165, 1.54) is 6.92 Å². The van der Waals surface area contributed by atoms with Crippen molar-refractivity contribution in [3.05, 3.63) is 60.2 Å². The average Bonchev–Trinajstić information content (AvgIpc) is 2.73.